The lowest BCUT2D eigenvalue weighted by Gasteiger charge is -2.33. The fraction of sp³-hybridized carbons (Fsp3) is 0.450. The third kappa shape index (κ3) is 4.54. The fourth-order valence-electron chi connectivity index (χ4n) is 3.22. The van der Waals surface area contributed by atoms with E-state index in [1.165, 1.54) is 12.1 Å². The van der Waals surface area contributed by atoms with E-state index in [9.17, 15) is 4.39 Å². The first-order valence-corrected chi connectivity index (χ1v) is 8.52. The van der Waals surface area contributed by atoms with Gasteiger partial charge in [0.1, 0.15) is 11.6 Å². The molecule has 0 amide bonds. The summed E-state index contributed by atoms with van der Waals surface area (Å²) in [4.78, 5) is 6.99. The number of aliphatic imine (C=N–C) groups is 1. The zero-order valence-corrected chi connectivity index (χ0v) is 15.2. The number of benzene rings is 1. The van der Waals surface area contributed by atoms with Gasteiger partial charge >= 0.3 is 0 Å². The van der Waals surface area contributed by atoms with E-state index in [-0.39, 0.29) is 5.82 Å². The summed E-state index contributed by atoms with van der Waals surface area (Å²) in [6.07, 6.45) is 2.22. The number of rotatable bonds is 5. The van der Waals surface area contributed by atoms with Crippen LogP contribution in [0.15, 0.2) is 47.2 Å². The fourth-order valence-corrected chi connectivity index (χ4v) is 3.22. The van der Waals surface area contributed by atoms with E-state index in [0.717, 1.165) is 54.2 Å². The molecule has 4 heteroatoms. The minimum Gasteiger partial charge on any atom is -0.357 e. The van der Waals surface area contributed by atoms with Gasteiger partial charge in [0.25, 0.3) is 0 Å². The highest BCUT2D eigenvalue weighted by Gasteiger charge is 2.19. The second kappa shape index (κ2) is 8.25. The maximum atomic E-state index is 13.2. The minimum atomic E-state index is -0.224. The van der Waals surface area contributed by atoms with Crippen molar-refractivity contribution >= 4 is 11.3 Å². The third-order valence-electron chi connectivity index (χ3n) is 4.56. The highest BCUT2D eigenvalue weighted by Crippen LogP contribution is 2.23. The number of piperidine rings is 1. The van der Waals surface area contributed by atoms with Crippen LogP contribution in [0.2, 0.25) is 0 Å². The van der Waals surface area contributed by atoms with Gasteiger partial charge in [-0.15, -0.1) is 0 Å². The van der Waals surface area contributed by atoms with Crippen LogP contribution < -0.4 is 5.32 Å². The van der Waals surface area contributed by atoms with Gasteiger partial charge in [0, 0.05) is 30.4 Å². The number of allylic oxidation sites excluding steroid dienone is 2. The number of nitrogens with zero attached hydrogens (tertiary/aromatic N) is 2. The van der Waals surface area contributed by atoms with Gasteiger partial charge < -0.3 is 10.2 Å². The molecular weight excluding hydrogens is 301 g/mol. The van der Waals surface area contributed by atoms with Gasteiger partial charge in [-0.1, -0.05) is 24.3 Å². The van der Waals surface area contributed by atoms with Crippen molar-refractivity contribution in [2.45, 2.75) is 39.7 Å². The Morgan fingerprint density at radius 1 is 1.17 bits per heavy atom. The molecular formula is C20H28FN3. The van der Waals surface area contributed by atoms with Crippen LogP contribution in [0.3, 0.4) is 0 Å². The van der Waals surface area contributed by atoms with Gasteiger partial charge in [-0.05, 0) is 58.4 Å². The molecule has 0 aromatic heterocycles. The number of likely N-dealkylation sites (tertiary alicyclic amines) is 1. The molecule has 1 aliphatic heterocycles. The Balaban J connectivity index is 2.16. The molecule has 130 valence electrons. The Hall–Kier alpha value is -1.94. The summed E-state index contributed by atoms with van der Waals surface area (Å²) >= 11 is 0. The van der Waals surface area contributed by atoms with Crippen LogP contribution in [0, 0.1) is 5.82 Å². The second-order valence-corrected chi connectivity index (χ2v) is 6.55. The summed E-state index contributed by atoms with van der Waals surface area (Å²) < 4.78 is 13.2. The molecule has 1 N–H and O–H groups in total. The average molecular weight is 329 g/mol. The Bertz CT molecular complexity index is 631. The van der Waals surface area contributed by atoms with Crippen molar-refractivity contribution in [3.8, 4) is 0 Å². The Morgan fingerprint density at radius 3 is 2.25 bits per heavy atom. The third-order valence-corrected chi connectivity index (χ3v) is 4.56. The van der Waals surface area contributed by atoms with Crippen LogP contribution in [-0.2, 0) is 0 Å². The SMILES string of the molecule is C=C(/N=C(/C)C(=C(C)C)c1ccc(F)cc1)N1CCC(NC)CC1. The lowest BCUT2D eigenvalue weighted by atomic mass is 9.97. The van der Waals surface area contributed by atoms with Gasteiger partial charge in [-0.3, -0.25) is 0 Å². The summed E-state index contributed by atoms with van der Waals surface area (Å²) in [5.41, 5.74) is 4.12. The van der Waals surface area contributed by atoms with Crippen molar-refractivity contribution in [3.63, 3.8) is 0 Å². The molecule has 2 rings (SSSR count). The van der Waals surface area contributed by atoms with Crippen LogP contribution >= 0.6 is 0 Å². The first-order valence-electron chi connectivity index (χ1n) is 8.52. The van der Waals surface area contributed by atoms with E-state index >= 15 is 0 Å². The summed E-state index contributed by atoms with van der Waals surface area (Å²) in [5.74, 6) is 0.584. The van der Waals surface area contributed by atoms with Crippen LogP contribution in [0.25, 0.3) is 5.57 Å². The first-order chi connectivity index (χ1) is 11.4. The van der Waals surface area contributed by atoms with E-state index in [1.807, 2.05) is 14.0 Å². The molecule has 0 spiro atoms. The summed E-state index contributed by atoms with van der Waals surface area (Å²) in [6, 6.07) is 7.17. The zero-order chi connectivity index (χ0) is 17.7. The molecule has 0 radical (unpaired) electrons. The Morgan fingerprint density at radius 2 is 1.75 bits per heavy atom. The van der Waals surface area contributed by atoms with Crippen LogP contribution in [0.5, 0.6) is 0 Å². The van der Waals surface area contributed by atoms with E-state index in [0.29, 0.717) is 6.04 Å². The maximum absolute atomic E-state index is 13.2. The quantitative estimate of drug-likeness (QED) is 0.819. The first kappa shape index (κ1) is 18.4. The van der Waals surface area contributed by atoms with Crippen molar-refractivity contribution in [1.29, 1.82) is 0 Å². The number of halogens is 1. The normalized spacial score (nSPS) is 16.2. The molecule has 1 aromatic carbocycles. The summed E-state index contributed by atoms with van der Waals surface area (Å²) in [5, 5.41) is 3.33. The largest absolute Gasteiger partial charge is 0.357 e. The molecule has 1 fully saturated rings. The van der Waals surface area contributed by atoms with Crippen LogP contribution in [0.1, 0.15) is 39.2 Å². The van der Waals surface area contributed by atoms with Crippen LogP contribution in [0.4, 0.5) is 4.39 Å². The topological polar surface area (TPSA) is 27.6 Å². The van der Waals surface area contributed by atoms with E-state index in [1.54, 1.807) is 12.1 Å². The highest BCUT2D eigenvalue weighted by molar-refractivity contribution is 6.23. The summed E-state index contributed by atoms with van der Waals surface area (Å²) in [7, 11) is 2.02. The van der Waals surface area contributed by atoms with Gasteiger partial charge in [0.2, 0.25) is 0 Å². The van der Waals surface area contributed by atoms with Crippen LogP contribution in [-0.4, -0.2) is 36.8 Å². The molecule has 3 nitrogen and oxygen atoms in total. The molecule has 1 aromatic rings. The van der Waals surface area contributed by atoms with E-state index in [4.69, 9.17) is 4.99 Å². The van der Waals surface area contributed by atoms with Crippen molar-refractivity contribution < 1.29 is 4.39 Å². The zero-order valence-electron chi connectivity index (χ0n) is 15.2. The average Bonchev–Trinajstić information content (AvgIpc) is 2.56. The van der Waals surface area contributed by atoms with Gasteiger partial charge in [-0.25, -0.2) is 9.38 Å². The predicted molar refractivity (Wildman–Crippen MR) is 101 cm³/mol. The lowest BCUT2D eigenvalue weighted by molar-refractivity contribution is 0.247. The van der Waals surface area contributed by atoms with E-state index < -0.39 is 0 Å². The monoisotopic (exact) mass is 329 g/mol. The molecule has 24 heavy (non-hydrogen) atoms. The van der Waals surface area contributed by atoms with Crippen molar-refractivity contribution in [1.82, 2.24) is 10.2 Å². The van der Waals surface area contributed by atoms with Crippen molar-refractivity contribution in [2.75, 3.05) is 20.1 Å². The van der Waals surface area contributed by atoms with Gasteiger partial charge in [0.15, 0.2) is 0 Å². The van der Waals surface area contributed by atoms with Crippen molar-refractivity contribution in [2.24, 2.45) is 4.99 Å². The molecule has 0 bridgehead atoms. The minimum absolute atomic E-state index is 0.224. The number of hydrogen-bond donors (Lipinski definition) is 1. The lowest BCUT2D eigenvalue weighted by Crippen LogP contribution is -2.40. The highest BCUT2D eigenvalue weighted by atomic mass is 19.1. The second-order valence-electron chi connectivity index (χ2n) is 6.55. The molecule has 1 aliphatic rings. The maximum Gasteiger partial charge on any atom is 0.123 e. The Kier molecular flexibility index (Phi) is 6.32. The van der Waals surface area contributed by atoms with Gasteiger partial charge in [-0.2, -0.15) is 0 Å². The number of hydrogen-bond acceptors (Lipinski definition) is 3. The molecule has 0 saturated carbocycles. The van der Waals surface area contributed by atoms with Gasteiger partial charge in [0.05, 0.1) is 0 Å². The van der Waals surface area contributed by atoms with Crippen molar-refractivity contribution in [3.05, 3.63) is 53.6 Å². The molecule has 1 heterocycles. The molecule has 0 aliphatic carbocycles. The molecule has 0 atom stereocenters. The molecule has 0 unspecified atom stereocenters. The smallest absolute Gasteiger partial charge is 0.123 e. The standard InChI is InChI=1S/C20H28FN3/c1-14(2)20(17-6-8-18(21)9-7-17)15(3)23-16(4)24-12-10-19(22-5)11-13-24/h6-9,19,22H,4,10-13H2,1-3,5H3/b23-15-. The number of nitrogens with one attached hydrogen (secondary N) is 1. The Labute approximate surface area is 145 Å². The molecule has 1 saturated heterocycles. The summed E-state index contributed by atoms with van der Waals surface area (Å²) in [6.45, 7) is 12.2. The van der Waals surface area contributed by atoms with E-state index in [2.05, 4.69) is 30.6 Å². The predicted octanol–water partition coefficient (Wildman–Crippen LogP) is 4.24.